The molecule has 1 aliphatic rings. The Balaban J connectivity index is 2.45. The molecule has 4 nitrogen and oxygen atoms in total. The van der Waals surface area contributed by atoms with Gasteiger partial charge >= 0.3 is 0 Å². The van der Waals surface area contributed by atoms with Crippen LogP contribution in [-0.2, 0) is 4.79 Å². The molecule has 0 saturated carbocycles. The number of piperidine rings is 1. The topological polar surface area (TPSA) is 58.4 Å². The monoisotopic (exact) mass is 255 g/mol. The van der Waals surface area contributed by atoms with Gasteiger partial charge in [-0.25, -0.2) is 0 Å². The van der Waals surface area contributed by atoms with Gasteiger partial charge in [0.1, 0.15) is 0 Å². The molecule has 1 atom stereocenters. The molecule has 0 bridgehead atoms. The Morgan fingerprint density at radius 2 is 1.94 bits per heavy atom. The molecule has 1 amide bonds. The van der Waals surface area contributed by atoms with Crippen LogP contribution in [0.2, 0.25) is 0 Å². The fraction of sp³-hybridized carbons (Fsp3) is 0.929. The van der Waals surface area contributed by atoms with Gasteiger partial charge in [-0.3, -0.25) is 4.79 Å². The minimum absolute atomic E-state index is 0.226. The molecule has 1 saturated heterocycles. The summed E-state index contributed by atoms with van der Waals surface area (Å²) < 4.78 is 0. The first-order valence-corrected chi connectivity index (χ1v) is 7.14. The van der Waals surface area contributed by atoms with Crippen LogP contribution in [0.3, 0.4) is 0 Å². The highest BCUT2D eigenvalue weighted by Gasteiger charge is 2.30. The van der Waals surface area contributed by atoms with Crippen molar-refractivity contribution in [2.45, 2.75) is 59.0 Å². The number of carbonyl (C=O) groups is 1. The summed E-state index contributed by atoms with van der Waals surface area (Å²) in [5.74, 6) is -0.243. The Morgan fingerprint density at radius 3 is 2.33 bits per heavy atom. The summed E-state index contributed by atoms with van der Waals surface area (Å²) in [5.41, 5.74) is 5.94. The van der Waals surface area contributed by atoms with E-state index in [4.69, 9.17) is 5.73 Å². The van der Waals surface area contributed by atoms with Crippen molar-refractivity contribution < 1.29 is 4.79 Å². The third-order valence-corrected chi connectivity index (χ3v) is 4.24. The molecule has 3 N–H and O–H groups in total. The Bertz CT molecular complexity index is 270. The number of hydrogen-bond donors (Lipinski definition) is 2. The van der Waals surface area contributed by atoms with E-state index in [9.17, 15) is 4.79 Å². The van der Waals surface area contributed by atoms with Crippen molar-refractivity contribution in [2.75, 3.05) is 19.6 Å². The highest BCUT2D eigenvalue weighted by atomic mass is 16.1. The number of nitrogens with zero attached hydrogens (tertiary/aromatic N) is 1. The normalized spacial score (nSPS) is 22.1. The molecular formula is C14H29N3O. The lowest BCUT2D eigenvalue weighted by Crippen LogP contribution is -2.53. The van der Waals surface area contributed by atoms with E-state index >= 15 is 0 Å². The van der Waals surface area contributed by atoms with Gasteiger partial charge in [-0.05, 0) is 31.3 Å². The summed E-state index contributed by atoms with van der Waals surface area (Å²) in [4.78, 5) is 13.8. The van der Waals surface area contributed by atoms with Gasteiger partial charge in [-0.1, -0.05) is 34.1 Å². The summed E-state index contributed by atoms with van der Waals surface area (Å²) >= 11 is 0. The lowest BCUT2D eigenvalue weighted by Gasteiger charge is -2.40. The van der Waals surface area contributed by atoms with E-state index < -0.39 is 0 Å². The van der Waals surface area contributed by atoms with Crippen molar-refractivity contribution in [2.24, 2.45) is 11.1 Å². The predicted octanol–water partition coefficient (Wildman–Crippen LogP) is 1.35. The van der Waals surface area contributed by atoms with Crippen LogP contribution < -0.4 is 11.1 Å². The number of rotatable bonds is 6. The molecule has 1 aliphatic heterocycles. The molecular weight excluding hydrogens is 226 g/mol. The summed E-state index contributed by atoms with van der Waals surface area (Å²) in [6.07, 6.45) is 3.68. The van der Waals surface area contributed by atoms with Gasteiger partial charge in [0.2, 0.25) is 5.91 Å². The quantitative estimate of drug-likeness (QED) is 0.753. The molecule has 0 aromatic heterocycles. The molecule has 4 heteroatoms. The van der Waals surface area contributed by atoms with Crippen molar-refractivity contribution in [3.8, 4) is 0 Å². The Labute approximate surface area is 111 Å². The zero-order valence-corrected chi connectivity index (χ0v) is 12.3. The van der Waals surface area contributed by atoms with Crippen LogP contribution in [0.4, 0.5) is 0 Å². The molecule has 0 aromatic rings. The molecule has 106 valence electrons. The molecule has 0 spiro atoms. The lowest BCUT2D eigenvalue weighted by atomic mass is 9.78. The first kappa shape index (κ1) is 15.4. The lowest BCUT2D eigenvalue weighted by molar-refractivity contribution is -0.120. The summed E-state index contributed by atoms with van der Waals surface area (Å²) in [5, 5.41) is 3.25. The Kier molecular flexibility index (Phi) is 5.60. The van der Waals surface area contributed by atoms with E-state index in [1.165, 1.54) is 19.3 Å². The summed E-state index contributed by atoms with van der Waals surface area (Å²) in [6, 6.07) is 0.0594. The standard InChI is InChI=1S/C14H29N3O/c1-5-14(4)6-8-17(9-7-14)10-12(13(15)18)16-11(2)3/h11-12,16H,5-10H2,1-4H3,(H2,15,18). The van der Waals surface area contributed by atoms with Crippen LogP contribution in [-0.4, -0.2) is 42.5 Å². The van der Waals surface area contributed by atoms with E-state index in [2.05, 4.69) is 24.1 Å². The van der Waals surface area contributed by atoms with Crippen molar-refractivity contribution in [3.05, 3.63) is 0 Å². The molecule has 1 rings (SSSR count). The first-order chi connectivity index (χ1) is 8.36. The van der Waals surface area contributed by atoms with Gasteiger partial charge in [-0.15, -0.1) is 0 Å². The highest BCUT2D eigenvalue weighted by molar-refractivity contribution is 5.80. The summed E-state index contributed by atoms with van der Waals surface area (Å²) in [6.45, 7) is 11.6. The zero-order valence-electron chi connectivity index (χ0n) is 12.3. The number of nitrogens with two attached hydrogens (primary N) is 1. The fourth-order valence-electron chi connectivity index (χ4n) is 2.51. The van der Waals surface area contributed by atoms with Crippen molar-refractivity contribution >= 4 is 5.91 Å². The molecule has 0 radical (unpaired) electrons. The number of hydrogen-bond acceptors (Lipinski definition) is 3. The van der Waals surface area contributed by atoms with Gasteiger partial charge in [0.25, 0.3) is 0 Å². The SMILES string of the molecule is CCC1(C)CCN(CC(NC(C)C)C(N)=O)CC1. The summed E-state index contributed by atoms with van der Waals surface area (Å²) in [7, 11) is 0. The second-order valence-electron chi connectivity index (χ2n) is 6.24. The van der Waals surface area contributed by atoms with Crippen LogP contribution in [0, 0.1) is 5.41 Å². The maximum absolute atomic E-state index is 11.4. The largest absolute Gasteiger partial charge is 0.368 e. The van der Waals surface area contributed by atoms with Crippen molar-refractivity contribution in [1.82, 2.24) is 10.2 Å². The van der Waals surface area contributed by atoms with Gasteiger partial charge in [0.05, 0.1) is 6.04 Å². The predicted molar refractivity (Wildman–Crippen MR) is 75.3 cm³/mol. The van der Waals surface area contributed by atoms with Gasteiger partial charge in [0, 0.05) is 12.6 Å². The van der Waals surface area contributed by atoms with Crippen molar-refractivity contribution in [1.29, 1.82) is 0 Å². The number of primary amides is 1. The molecule has 0 aromatic carbocycles. The van der Waals surface area contributed by atoms with Crippen molar-refractivity contribution in [3.63, 3.8) is 0 Å². The smallest absolute Gasteiger partial charge is 0.235 e. The molecule has 0 aliphatic carbocycles. The van der Waals surface area contributed by atoms with Gasteiger partial charge in [-0.2, -0.15) is 0 Å². The molecule has 1 fully saturated rings. The van der Waals surface area contributed by atoms with Crippen LogP contribution in [0.1, 0.15) is 47.0 Å². The average molecular weight is 255 g/mol. The van der Waals surface area contributed by atoms with Crippen LogP contribution in [0.25, 0.3) is 0 Å². The van der Waals surface area contributed by atoms with E-state index in [1.807, 2.05) is 13.8 Å². The minimum atomic E-state index is -0.243. The molecule has 1 heterocycles. The number of nitrogens with one attached hydrogen (secondary N) is 1. The number of carbonyl (C=O) groups excluding carboxylic acids is 1. The third kappa shape index (κ3) is 4.58. The molecule has 1 unspecified atom stereocenters. The van der Waals surface area contributed by atoms with E-state index in [0.29, 0.717) is 5.41 Å². The van der Waals surface area contributed by atoms with Crippen LogP contribution in [0.5, 0.6) is 0 Å². The van der Waals surface area contributed by atoms with Gasteiger partial charge < -0.3 is 16.0 Å². The second-order valence-corrected chi connectivity index (χ2v) is 6.24. The maximum Gasteiger partial charge on any atom is 0.235 e. The average Bonchev–Trinajstić information content (AvgIpc) is 2.30. The first-order valence-electron chi connectivity index (χ1n) is 7.14. The van der Waals surface area contributed by atoms with Crippen LogP contribution in [0.15, 0.2) is 0 Å². The zero-order chi connectivity index (χ0) is 13.8. The van der Waals surface area contributed by atoms with E-state index in [0.717, 1.165) is 19.6 Å². The maximum atomic E-state index is 11.4. The second kappa shape index (κ2) is 6.53. The minimum Gasteiger partial charge on any atom is -0.368 e. The highest BCUT2D eigenvalue weighted by Crippen LogP contribution is 2.33. The number of amides is 1. The fourth-order valence-corrected chi connectivity index (χ4v) is 2.51. The number of likely N-dealkylation sites (tertiary alicyclic amines) is 1. The van der Waals surface area contributed by atoms with Gasteiger partial charge in [0.15, 0.2) is 0 Å². The van der Waals surface area contributed by atoms with E-state index in [-0.39, 0.29) is 18.0 Å². The third-order valence-electron chi connectivity index (χ3n) is 4.24. The van der Waals surface area contributed by atoms with E-state index in [1.54, 1.807) is 0 Å². The van der Waals surface area contributed by atoms with Crippen LogP contribution >= 0.6 is 0 Å². The Hall–Kier alpha value is -0.610. The molecule has 18 heavy (non-hydrogen) atoms. The Morgan fingerprint density at radius 1 is 1.39 bits per heavy atom.